The fourth-order valence-corrected chi connectivity index (χ4v) is 2.20. The Hall–Kier alpha value is -1.59. The van der Waals surface area contributed by atoms with Crippen LogP contribution in [0.15, 0.2) is 24.3 Å². The van der Waals surface area contributed by atoms with Crippen LogP contribution in [0.4, 0.5) is 0 Å². The largest absolute Gasteiger partial charge is 0.493 e. The first-order chi connectivity index (χ1) is 10.6. The maximum atomic E-state index is 11.9. The van der Waals surface area contributed by atoms with Crippen molar-refractivity contribution in [2.75, 3.05) is 32.9 Å². The standard InChI is InChI=1S/C17H26N2O3/c1-13(2)11-22-15-5-3-14(4-6-15)7-8-19-17(20)16-12-21-10-9-18-16/h3-6,13,16,18H,7-12H2,1-2H3,(H,19,20)/t16-/m1/s1. The average molecular weight is 306 g/mol. The number of benzene rings is 1. The van der Waals surface area contributed by atoms with Crippen molar-refractivity contribution in [1.29, 1.82) is 0 Å². The summed E-state index contributed by atoms with van der Waals surface area (Å²) < 4.78 is 10.9. The number of hydrogen-bond donors (Lipinski definition) is 2. The van der Waals surface area contributed by atoms with Gasteiger partial charge in [-0.3, -0.25) is 4.79 Å². The van der Waals surface area contributed by atoms with E-state index in [0.717, 1.165) is 25.3 Å². The first-order valence-corrected chi connectivity index (χ1v) is 7.95. The highest BCUT2D eigenvalue weighted by molar-refractivity contribution is 5.81. The number of amides is 1. The van der Waals surface area contributed by atoms with Gasteiger partial charge in [0.25, 0.3) is 0 Å². The normalized spacial score (nSPS) is 18.2. The summed E-state index contributed by atoms with van der Waals surface area (Å²) in [6, 6.07) is 7.83. The zero-order valence-electron chi connectivity index (χ0n) is 13.4. The van der Waals surface area contributed by atoms with Crippen molar-refractivity contribution in [3.63, 3.8) is 0 Å². The van der Waals surface area contributed by atoms with Gasteiger partial charge in [0.15, 0.2) is 0 Å². The molecular formula is C17H26N2O3. The summed E-state index contributed by atoms with van der Waals surface area (Å²) in [6.45, 7) is 7.47. The fourth-order valence-electron chi connectivity index (χ4n) is 2.20. The molecule has 0 bridgehead atoms. The molecule has 1 aliphatic rings. The molecule has 1 saturated heterocycles. The molecule has 122 valence electrons. The molecular weight excluding hydrogens is 280 g/mol. The molecule has 5 nitrogen and oxygen atoms in total. The lowest BCUT2D eigenvalue weighted by Crippen LogP contribution is -2.51. The smallest absolute Gasteiger partial charge is 0.239 e. The summed E-state index contributed by atoms with van der Waals surface area (Å²) in [7, 11) is 0. The van der Waals surface area contributed by atoms with Gasteiger partial charge in [0.1, 0.15) is 11.8 Å². The Morgan fingerprint density at radius 3 is 2.82 bits per heavy atom. The molecule has 0 spiro atoms. The van der Waals surface area contributed by atoms with Gasteiger partial charge in [-0.05, 0) is 30.0 Å². The third-order valence-electron chi connectivity index (χ3n) is 3.46. The van der Waals surface area contributed by atoms with Gasteiger partial charge in [0.2, 0.25) is 5.91 Å². The number of carbonyl (C=O) groups is 1. The molecule has 2 N–H and O–H groups in total. The molecule has 5 heteroatoms. The van der Waals surface area contributed by atoms with Crippen molar-refractivity contribution in [3.8, 4) is 5.75 Å². The number of nitrogens with one attached hydrogen (secondary N) is 2. The minimum Gasteiger partial charge on any atom is -0.493 e. The molecule has 0 saturated carbocycles. The Balaban J connectivity index is 1.69. The zero-order chi connectivity index (χ0) is 15.8. The third kappa shape index (κ3) is 5.66. The van der Waals surface area contributed by atoms with E-state index in [9.17, 15) is 4.79 Å². The van der Waals surface area contributed by atoms with E-state index in [-0.39, 0.29) is 11.9 Å². The lowest BCUT2D eigenvalue weighted by Gasteiger charge is -2.22. The zero-order valence-corrected chi connectivity index (χ0v) is 13.4. The second-order valence-corrected chi connectivity index (χ2v) is 5.97. The summed E-state index contributed by atoms with van der Waals surface area (Å²) in [5.74, 6) is 1.42. The number of hydrogen-bond acceptors (Lipinski definition) is 4. The van der Waals surface area contributed by atoms with Crippen LogP contribution in [0.25, 0.3) is 0 Å². The monoisotopic (exact) mass is 306 g/mol. The van der Waals surface area contributed by atoms with Crippen molar-refractivity contribution >= 4 is 5.91 Å². The van der Waals surface area contributed by atoms with E-state index in [1.54, 1.807) is 0 Å². The summed E-state index contributed by atoms with van der Waals surface area (Å²) >= 11 is 0. The first-order valence-electron chi connectivity index (χ1n) is 7.95. The van der Waals surface area contributed by atoms with Crippen LogP contribution < -0.4 is 15.4 Å². The van der Waals surface area contributed by atoms with Gasteiger partial charge >= 0.3 is 0 Å². The summed E-state index contributed by atoms with van der Waals surface area (Å²) in [6.07, 6.45) is 0.809. The summed E-state index contributed by atoms with van der Waals surface area (Å²) in [5, 5.41) is 6.09. The molecule has 1 amide bonds. The van der Waals surface area contributed by atoms with E-state index in [4.69, 9.17) is 9.47 Å². The highest BCUT2D eigenvalue weighted by Crippen LogP contribution is 2.13. The van der Waals surface area contributed by atoms with E-state index in [0.29, 0.717) is 25.7 Å². The molecule has 0 aromatic heterocycles. The van der Waals surface area contributed by atoms with Gasteiger partial charge in [0.05, 0.1) is 19.8 Å². The highest BCUT2D eigenvalue weighted by atomic mass is 16.5. The van der Waals surface area contributed by atoms with Gasteiger partial charge in [-0.15, -0.1) is 0 Å². The summed E-state index contributed by atoms with van der Waals surface area (Å²) in [4.78, 5) is 11.9. The second kappa shape index (κ2) is 8.76. The molecule has 0 aliphatic carbocycles. The molecule has 0 unspecified atom stereocenters. The van der Waals surface area contributed by atoms with Crippen LogP contribution >= 0.6 is 0 Å². The Morgan fingerprint density at radius 1 is 1.41 bits per heavy atom. The Labute approximate surface area is 132 Å². The molecule has 1 fully saturated rings. The van der Waals surface area contributed by atoms with E-state index < -0.39 is 0 Å². The van der Waals surface area contributed by atoms with Gasteiger partial charge in [0, 0.05) is 13.1 Å². The van der Waals surface area contributed by atoms with E-state index in [1.807, 2.05) is 24.3 Å². The van der Waals surface area contributed by atoms with Gasteiger partial charge < -0.3 is 20.1 Å². The second-order valence-electron chi connectivity index (χ2n) is 5.97. The van der Waals surface area contributed by atoms with E-state index in [1.165, 1.54) is 5.56 Å². The van der Waals surface area contributed by atoms with Crippen molar-refractivity contribution in [3.05, 3.63) is 29.8 Å². The van der Waals surface area contributed by atoms with Crippen LogP contribution in [0.3, 0.4) is 0 Å². The SMILES string of the molecule is CC(C)COc1ccc(CCNC(=O)[C@H]2COCCN2)cc1. The molecule has 1 aliphatic heterocycles. The lowest BCUT2D eigenvalue weighted by molar-refractivity contribution is -0.125. The van der Waals surface area contributed by atoms with E-state index >= 15 is 0 Å². The van der Waals surface area contributed by atoms with Gasteiger partial charge in [-0.25, -0.2) is 0 Å². The van der Waals surface area contributed by atoms with Crippen molar-refractivity contribution < 1.29 is 14.3 Å². The van der Waals surface area contributed by atoms with Crippen LogP contribution in [0.5, 0.6) is 5.75 Å². The molecule has 22 heavy (non-hydrogen) atoms. The Kier molecular flexibility index (Phi) is 6.68. The molecule has 1 aromatic carbocycles. The van der Waals surface area contributed by atoms with Gasteiger partial charge in [-0.2, -0.15) is 0 Å². The van der Waals surface area contributed by atoms with Crippen molar-refractivity contribution in [2.24, 2.45) is 5.92 Å². The maximum absolute atomic E-state index is 11.9. The van der Waals surface area contributed by atoms with Crippen LogP contribution in [0, 0.1) is 5.92 Å². The van der Waals surface area contributed by atoms with Crippen LogP contribution in [-0.2, 0) is 16.0 Å². The third-order valence-corrected chi connectivity index (χ3v) is 3.46. The predicted molar refractivity (Wildman–Crippen MR) is 86.1 cm³/mol. The Morgan fingerprint density at radius 2 is 2.18 bits per heavy atom. The van der Waals surface area contributed by atoms with Crippen LogP contribution in [-0.4, -0.2) is 44.9 Å². The fraction of sp³-hybridized carbons (Fsp3) is 0.588. The quantitative estimate of drug-likeness (QED) is 0.799. The van der Waals surface area contributed by atoms with Gasteiger partial charge in [-0.1, -0.05) is 26.0 Å². The average Bonchev–Trinajstić information content (AvgIpc) is 2.55. The molecule has 1 aromatic rings. The molecule has 2 rings (SSSR count). The number of morpholine rings is 1. The molecule has 1 heterocycles. The van der Waals surface area contributed by atoms with E-state index in [2.05, 4.69) is 24.5 Å². The lowest BCUT2D eigenvalue weighted by atomic mass is 10.1. The first kappa shape index (κ1) is 16.8. The maximum Gasteiger partial charge on any atom is 0.239 e. The van der Waals surface area contributed by atoms with Crippen LogP contribution in [0.1, 0.15) is 19.4 Å². The van der Waals surface area contributed by atoms with Crippen LogP contribution in [0.2, 0.25) is 0 Å². The molecule has 0 radical (unpaired) electrons. The summed E-state index contributed by atoms with van der Waals surface area (Å²) in [5.41, 5.74) is 1.19. The topological polar surface area (TPSA) is 59.6 Å². The predicted octanol–water partition coefficient (Wildman–Crippen LogP) is 1.37. The van der Waals surface area contributed by atoms with Crippen molar-refractivity contribution in [2.45, 2.75) is 26.3 Å². The Bertz CT molecular complexity index is 453. The highest BCUT2D eigenvalue weighted by Gasteiger charge is 2.20. The minimum absolute atomic E-state index is 0.0107. The minimum atomic E-state index is -0.222. The molecule has 1 atom stereocenters. The number of ether oxygens (including phenoxy) is 2. The number of rotatable bonds is 7. The van der Waals surface area contributed by atoms with Crippen molar-refractivity contribution in [1.82, 2.24) is 10.6 Å². The number of carbonyl (C=O) groups excluding carboxylic acids is 1.